The van der Waals surface area contributed by atoms with Crippen molar-refractivity contribution in [2.24, 2.45) is 5.73 Å². The van der Waals surface area contributed by atoms with Crippen molar-refractivity contribution in [3.05, 3.63) is 35.4 Å². The van der Waals surface area contributed by atoms with Crippen molar-refractivity contribution in [1.82, 2.24) is 19.9 Å². The number of anilines is 2. The van der Waals surface area contributed by atoms with Gasteiger partial charge in [0.1, 0.15) is 23.8 Å². The molecule has 1 aliphatic carbocycles. The molecule has 7 rings (SSSR count). The van der Waals surface area contributed by atoms with Gasteiger partial charge in [-0.3, -0.25) is 4.90 Å². The average Bonchev–Trinajstić information content (AvgIpc) is 3.64. The molecule has 1 saturated carbocycles. The topological polar surface area (TPSA) is 106 Å². The Hall–Kier alpha value is -3.36. The molecule has 3 fully saturated rings. The zero-order valence-corrected chi connectivity index (χ0v) is 24.2. The highest BCUT2D eigenvalue weighted by Crippen LogP contribution is 2.46. The second kappa shape index (κ2) is 10.1. The maximum atomic E-state index is 16.7. The van der Waals surface area contributed by atoms with E-state index in [4.69, 9.17) is 16.2 Å². The van der Waals surface area contributed by atoms with Gasteiger partial charge in [-0.1, -0.05) is 11.3 Å². The molecule has 2 aliphatic heterocycles. The first kappa shape index (κ1) is 28.4. The number of rotatable bonds is 6. The zero-order valence-electron chi connectivity index (χ0n) is 23.3. The Bertz CT molecular complexity index is 1730. The highest BCUT2D eigenvalue weighted by Gasteiger charge is 2.45. The molecule has 0 amide bonds. The second-order valence-corrected chi connectivity index (χ2v) is 12.9. The molecular formula is C29H30F5N7OS. The fourth-order valence-corrected chi connectivity index (χ4v) is 7.75. The minimum absolute atomic E-state index is 0.0356. The summed E-state index contributed by atoms with van der Waals surface area (Å²) in [5.74, 6) is -1.81. The first-order valence-corrected chi connectivity index (χ1v) is 15.1. The number of nitrogens with two attached hydrogens (primary N) is 2. The van der Waals surface area contributed by atoms with Gasteiger partial charge in [-0.25, -0.2) is 13.8 Å². The molecule has 2 aromatic heterocycles. The van der Waals surface area contributed by atoms with Crippen LogP contribution in [0, 0.1) is 11.6 Å². The summed E-state index contributed by atoms with van der Waals surface area (Å²) in [6.45, 7) is 2.24. The van der Waals surface area contributed by atoms with Crippen LogP contribution in [-0.4, -0.2) is 64.2 Å². The van der Waals surface area contributed by atoms with Crippen molar-refractivity contribution in [2.75, 3.05) is 37.4 Å². The van der Waals surface area contributed by atoms with Crippen LogP contribution in [0.25, 0.3) is 32.2 Å². The van der Waals surface area contributed by atoms with Crippen LogP contribution in [0.1, 0.15) is 44.1 Å². The summed E-state index contributed by atoms with van der Waals surface area (Å²) in [5.41, 5.74) is 8.88. The lowest BCUT2D eigenvalue weighted by Gasteiger charge is -2.40. The number of ether oxygens (including phenoxy) is 1. The Kier molecular flexibility index (Phi) is 6.67. The minimum Gasteiger partial charge on any atom is -0.461 e. The summed E-state index contributed by atoms with van der Waals surface area (Å²) < 4.78 is 81.3. The first-order chi connectivity index (χ1) is 20.4. The highest BCUT2D eigenvalue weighted by atomic mass is 32.1. The number of benzene rings is 2. The molecule has 4 aromatic rings. The van der Waals surface area contributed by atoms with E-state index in [1.807, 2.05) is 0 Å². The van der Waals surface area contributed by atoms with Crippen molar-refractivity contribution in [3.8, 4) is 17.1 Å². The standard InChI is InChI=1S/C29H30F5N7OS/c1-40(15-10-14(35)11-15)25-17-12-18(29(32,33)34)20(16-4-5-19(30)24-23(16)37-26(36)43-24)21(31)22(17)38-27(39-25)42-13-28-6-2-8-41(28)9-3-7-28/h4-5,12,14-15H,2-3,6-11,13,35H2,1H3,(H2,36,37). The van der Waals surface area contributed by atoms with Gasteiger partial charge in [0.25, 0.3) is 0 Å². The molecule has 3 aliphatic rings. The predicted octanol–water partition coefficient (Wildman–Crippen LogP) is 5.72. The molecule has 4 N–H and O–H groups in total. The number of nitrogen functional groups attached to an aromatic ring is 1. The third kappa shape index (κ3) is 4.65. The van der Waals surface area contributed by atoms with Crippen LogP contribution in [0.5, 0.6) is 6.01 Å². The molecule has 4 heterocycles. The van der Waals surface area contributed by atoms with Crippen molar-refractivity contribution < 1.29 is 26.7 Å². The lowest BCUT2D eigenvalue weighted by Crippen LogP contribution is -2.49. The fourth-order valence-electron chi connectivity index (χ4n) is 6.98. The average molecular weight is 620 g/mol. The van der Waals surface area contributed by atoms with E-state index in [9.17, 15) is 17.6 Å². The van der Waals surface area contributed by atoms with Crippen LogP contribution in [-0.2, 0) is 6.18 Å². The van der Waals surface area contributed by atoms with E-state index >= 15 is 4.39 Å². The van der Waals surface area contributed by atoms with Crippen molar-refractivity contribution in [2.45, 2.75) is 62.3 Å². The van der Waals surface area contributed by atoms with Crippen LogP contribution < -0.4 is 21.1 Å². The van der Waals surface area contributed by atoms with Gasteiger partial charge in [0, 0.05) is 35.6 Å². The minimum atomic E-state index is -4.97. The largest absolute Gasteiger partial charge is 0.461 e. The maximum absolute atomic E-state index is 16.7. The Morgan fingerprint density at radius 1 is 1.09 bits per heavy atom. The number of nitrogens with zero attached hydrogens (tertiary/aromatic N) is 5. The van der Waals surface area contributed by atoms with Gasteiger partial charge in [0.15, 0.2) is 10.9 Å². The van der Waals surface area contributed by atoms with Crippen molar-refractivity contribution >= 4 is 43.4 Å². The fraction of sp³-hybridized carbons (Fsp3) is 0.483. The third-order valence-electron chi connectivity index (χ3n) is 9.29. The predicted molar refractivity (Wildman–Crippen MR) is 155 cm³/mol. The molecule has 8 nitrogen and oxygen atoms in total. The molecule has 0 atom stereocenters. The van der Waals surface area contributed by atoms with Crippen LogP contribution in [0.3, 0.4) is 0 Å². The molecular weight excluding hydrogens is 589 g/mol. The smallest absolute Gasteiger partial charge is 0.417 e. The summed E-state index contributed by atoms with van der Waals surface area (Å²) in [6.07, 6.45) is 0.260. The van der Waals surface area contributed by atoms with Gasteiger partial charge < -0.3 is 21.1 Å². The van der Waals surface area contributed by atoms with E-state index in [0.717, 1.165) is 68.3 Å². The Balaban J connectivity index is 1.43. The van der Waals surface area contributed by atoms with Crippen molar-refractivity contribution in [1.29, 1.82) is 0 Å². The maximum Gasteiger partial charge on any atom is 0.417 e. The summed E-state index contributed by atoms with van der Waals surface area (Å²) in [5, 5.41) is -0.162. The number of hydrogen-bond acceptors (Lipinski definition) is 9. The van der Waals surface area contributed by atoms with Crippen LogP contribution in [0.2, 0.25) is 0 Å². The summed E-state index contributed by atoms with van der Waals surface area (Å²) in [7, 11) is 1.71. The number of halogens is 5. The number of alkyl halides is 3. The summed E-state index contributed by atoms with van der Waals surface area (Å²) >= 11 is 0.779. The van der Waals surface area contributed by atoms with Gasteiger partial charge >= 0.3 is 12.2 Å². The lowest BCUT2D eigenvalue weighted by atomic mass is 9.86. The van der Waals surface area contributed by atoms with Gasteiger partial charge in [-0.05, 0) is 69.8 Å². The first-order valence-electron chi connectivity index (χ1n) is 14.3. The van der Waals surface area contributed by atoms with E-state index in [0.29, 0.717) is 19.4 Å². The molecule has 0 radical (unpaired) electrons. The lowest BCUT2D eigenvalue weighted by molar-refractivity contribution is -0.137. The van der Waals surface area contributed by atoms with Crippen molar-refractivity contribution in [3.63, 3.8) is 0 Å². The van der Waals surface area contributed by atoms with Gasteiger partial charge in [0.05, 0.1) is 21.3 Å². The van der Waals surface area contributed by atoms with Crippen LogP contribution >= 0.6 is 11.3 Å². The van der Waals surface area contributed by atoms with Crippen LogP contribution in [0.15, 0.2) is 18.2 Å². The van der Waals surface area contributed by atoms with E-state index in [1.54, 1.807) is 11.9 Å². The zero-order chi connectivity index (χ0) is 30.3. The molecule has 0 spiro atoms. The number of fused-ring (bicyclic) bond motifs is 3. The summed E-state index contributed by atoms with van der Waals surface area (Å²) in [4.78, 5) is 17.1. The molecule has 43 heavy (non-hydrogen) atoms. The van der Waals surface area contributed by atoms with Gasteiger partial charge in [-0.15, -0.1) is 0 Å². The number of hydrogen-bond donors (Lipinski definition) is 2. The summed E-state index contributed by atoms with van der Waals surface area (Å²) in [6, 6.07) is 2.70. The van der Waals surface area contributed by atoms with Crippen LogP contribution in [0.4, 0.5) is 32.9 Å². The third-order valence-corrected chi connectivity index (χ3v) is 10.2. The second-order valence-electron chi connectivity index (χ2n) is 11.9. The molecule has 2 aromatic carbocycles. The SMILES string of the molecule is CN(c1nc(OCC23CCCN2CCC3)nc2c(F)c(-c3ccc(F)c4sc(N)nc34)c(C(F)(F)F)cc12)C1CC(N)C1. The Labute approximate surface area is 247 Å². The number of aromatic nitrogens is 3. The highest BCUT2D eigenvalue weighted by molar-refractivity contribution is 7.22. The van der Waals surface area contributed by atoms with E-state index < -0.39 is 28.9 Å². The van der Waals surface area contributed by atoms with E-state index in [2.05, 4.69) is 19.9 Å². The molecule has 228 valence electrons. The molecule has 14 heteroatoms. The Morgan fingerprint density at radius 2 is 1.81 bits per heavy atom. The molecule has 0 unspecified atom stereocenters. The monoisotopic (exact) mass is 619 g/mol. The van der Waals surface area contributed by atoms with E-state index in [1.165, 1.54) is 0 Å². The molecule has 0 bridgehead atoms. The quantitative estimate of drug-likeness (QED) is 0.264. The van der Waals surface area contributed by atoms with E-state index in [-0.39, 0.29) is 61.3 Å². The molecule has 2 saturated heterocycles. The van der Waals surface area contributed by atoms with Gasteiger partial charge in [0.2, 0.25) is 0 Å². The normalized spacial score (nSPS) is 21.8. The number of thiazole rings is 1. The Morgan fingerprint density at radius 3 is 2.49 bits per heavy atom. The van der Waals surface area contributed by atoms with Gasteiger partial charge in [-0.2, -0.15) is 23.1 Å².